The van der Waals surface area contributed by atoms with E-state index in [9.17, 15) is 24.9 Å². The highest BCUT2D eigenvalue weighted by Crippen LogP contribution is 2.56. The van der Waals surface area contributed by atoms with E-state index < -0.39 is 40.8 Å². The summed E-state index contributed by atoms with van der Waals surface area (Å²) in [6.07, 6.45) is 0.539. The number of benzene rings is 4. The van der Waals surface area contributed by atoms with Crippen LogP contribution in [0.3, 0.4) is 0 Å². The van der Waals surface area contributed by atoms with Gasteiger partial charge < -0.3 is 29.5 Å². The smallest absolute Gasteiger partial charge is 0.265 e. The van der Waals surface area contributed by atoms with E-state index in [1.165, 1.54) is 0 Å². The van der Waals surface area contributed by atoms with Gasteiger partial charge in [-0.3, -0.25) is 14.5 Å². The summed E-state index contributed by atoms with van der Waals surface area (Å²) in [5.41, 5.74) is 1.02. The molecule has 0 bridgehead atoms. The fraction of sp³-hybridized carbons (Fsp3) is 0.275. The highest BCUT2D eigenvalue weighted by atomic mass is 16.5. The number of ether oxygens (including phenoxy) is 1. The molecule has 0 aliphatic heterocycles. The second kappa shape index (κ2) is 11.9. The Labute approximate surface area is 288 Å². The number of aliphatic hydroxyl groups is 2. The lowest BCUT2D eigenvalue weighted by molar-refractivity contribution is -0.142. The minimum atomic E-state index is -2.52. The quantitative estimate of drug-likeness (QED) is 0.177. The van der Waals surface area contributed by atoms with Gasteiger partial charge in [-0.2, -0.15) is 0 Å². The number of ketones is 2. The van der Waals surface area contributed by atoms with Gasteiger partial charge in [0.15, 0.2) is 11.4 Å². The van der Waals surface area contributed by atoms with E-state index in [-0.39, 0.29) is 47.1 Å². The Morgan fingerprint density at radius 3 is 2.34 bits per heavy atom. The number of aliphatic hydroxyl groups excluding tert-OH is 1. The van der Waals surface area contributed by atoms with Crippen molar-refractivity contribution in [3.05, 3.63) is 124 Å². The number of carbonyl (C=O) groups is 2. The van der Waals surface area contributed by atoms with Crippen molar-refractivity contribution in [2.75, 3.05) is 26.0 Å². The van der Waals surface area contributed by atoms with E-state index >= 15 is 0 Å². The van der Waals surface area contributed by atoms with Crippen LogP contribution < -0.4 is 9.64 Å². The summed E-state index contributed by atoms with van der Waals surface area (Å²) in [5.74, 6) is -3.58. The molecule has 1 fully saturated rings. The Morgan fingerprint density at radius 1 is 0.900 bits per heavy atom. The van der Waals surface area contributed by atoms with Crippen LogP contribution in [-0.4, -0.2) is 63.7 Å². The molecule has 0 radical (unpaired) electrons. The number of anilines is 1. The molecule has 4 atom stereocenters. The lowest BCUT2D eigenvalue weighted by atomic mass is 9.57. The van der Waals surface area contributed by atoms with Crippen molar-refractivity contribution in [3.63, 3.8) is 0 Å². The van der Waals surface area contributed by atoms with Crippen molar-refractivity contribution in [1.29, 1.82) is 0 Å². The van der Waals surface area contributed by atoms with Gasteiger partial charge in [-0.05, 0) is 78.3 Å². The number of carbonyl (C=O) groups excluding carboxylic acids is 2. The normalized spacial score (nSPS) is 22.6. The van der Waals surface area contributed by atoms with Crippen LogP contribution >= 0.6 is 0 Å². The van der Waals surface area contributed by atoms with Gasteiger partial charge in [0.2, 0.25) is 11.6 Å². The van der Waals surface area contributed by atoms with Crippen molar-refractivity contribution >= 4 is 33.8 Å². The van der Waals surface area contributed by atoms with Gasteiger partial charge in [-0.1, -0.05) is 66.7 Å². The molecular formula is C40H37N3O7. The molecule has 10 nitrogen and oxygen atoms in total. The van der Waals surface area contributed by atoms with E-state index in [2.05, 4.69) is 10.1 Å². The highest BCUT2D eigenvalue weighted by molar-refractivity contribution is 6.26. The minimum absolute atomic E-state index is 0.0524. The third kappa shape index (κ3) is 4.81. The molecule has 3 aliphatic carbocycles. The predicted octanol–water partition coefficient (Wildman–Crippen LogP) is 6.01. The van der Waals surface area contributed by atoms with E-state index in [0.717, 1.165) is 22.2 Å². The molecule has 8 rings (SSSR count). The first-order valence-electron chi connectivity index (χ1n) is 16.7. The second-order valence-corrected chi connectivity index (χ2v) is 13.8. The molecule has 50 heavy (non-hydrogen) atoms. The van der Waals surface area contributed by atoms with E-state index in [0.29, 0.717) is 23.9 Å². The Balaban J connectivity index is 1.18. The first kappa shape index (κ1) is 31.8. The van der Waals surface area contributed by atoms with Crippen molar-refractivity contribution in [1.82, 2.24) is 10.1 Å². The van der Waals surface area contributed by atoms with Crippen molar-refractivity contribution in [2.24, 2.45) is 11.8 Å². The number of para-hydroxylation sites is 1. The molecule has 0 amide bonds. The fourth-order valence-corrected chi connectivity index (χ4v) is 8.21. The van der Waals surface area contributed by atoms with Crippen LogP contribution in [0.1, 0.15) is 50.8 Å². The molecule has 10 heteroatoms. The summed E-state index contributed by atoms with van der Waals surface area (Å²) in [6, 6.07) is 26.4. The Hall–Kier alpha value is -5.45. The molecular weight excluding hydrogens is 634 g/mol. The van der Waals surface area contributed by atoms with Gasteiger partial charge in [0.1, 0.15) is 23.7 Å². The predicted molar refractivity (Wildman–Crippen MR) is 187 cm³/mol. The third-order valence-electron chi connectivity index (χ3n) is 10.6. The lowest BCUT2D eigenvalue weighted by Crippen LogP contribution is -2.63. The molecule has 3 N–H and O–H groups in total. The van der Waals surface area contributed by atoms with Gasteiger partial charge >= 0.3 is 0 Å². The zero-order valence-electron chi connectivity index (χ0n) is 28.0. The summed E-state index contributed by atoms with van der Waals surface area (Å²) in [7, 11) is 5.57. The van der Waals surface area contributed by atoms with Crippen molar-refractivity contribution in [3.8, 4) is 11.6 Å². The van der Waals surface area contributed by atoms with Crippen LogP contribution in [0.15, 0.2) is 95.0 Å². The first-order chi connectivity index (χ1) is 24.1. The maximum atomic E-state index is 14.5. The topological polar surface area (TPSA) is 137 Å². The molecule has 0 unspecified atom stereocenters. The van der Waals surface area contributed by atoms with Crippen molar-refractivity contribution < 1.29 is 34.2 Å². The number of rotatable bonds is 7. The molecule has 0 saturated heterocycles. The molecule has 0 spiro atoms. The Bertz CT molecular complexity index is 2190. The van der Waals surface area contributed by atoms with Gasteiger partial charge in [0, 0.05) is 36.2 Å². The number of phenols is 1. The van der Waals surface area contributed by atoms with Crippen LogP contribution in [0.2, 0.25) is 0 Å². The largest absolute Gasteiger partial charge is 0.507 e. The maximum Gasteiger partial charge on any atom is 0.265 e. The number of phenolic OH excluding ortho intramolecular Hbond substituents is 1. The molecule has 254 valence electrons. The average Bonchev–Trinajstić information content (AvgIpc) is 3.53. The summed E-state index contributed by atoms with van der Waals surface area (Å²) in [5, 5.41) is 41.2. The van der Waals surface area contributed by atoms with E-state index in [1.54, 1.807) is 19.0 Å². The van der Waals surface area contributed by atoms with Crippen LogP contribution in [0.4, 0.5) is 5.69 Å². The molecule has 4 aromatic carbocycles. The Kier molecular flexibility index (Phi) is 7.54. The molecule has 3 aliphatic rings. The van der Waals surface area contributed by atoms with Crippen LogP contribution in [-0.2, 0) is 24.4 Å². The second-order valence-electron chi connectivity index (χ2n) is 13.8. The van der Waals surface area contributed by atoms with Gasteiger partial charge in [0.25, 0.3) is 5.88 Å². The monoisotopic (exact) mass is 671 g/mol. The number of Topliss-reactive ketones (excluding diaryl/α,β-unsaturated/α-hetero) is 2. The fourth-order valence-electron chi connectivity index (χ4n) is 8.21. The number of aromatic nitrogens is 1. The minimum Gasteiger partial charge on any atom is -0.507 e. The summed E-state index contributed by atoms with van der Waals surface area (Å²) in [6.45, 7) is 0.674. The third-order valence-corrected chi connectivity index (χ3v) is 10.6. The first-order valence-corrected chi connectivity index (χ1v) is 16.7. The van der Waals surface area contributed by atoms with Gasteiger partial charge in [0.05, 0.1) is 11.6 Å². The Morgan fingerprint density at radius 2 is 1.62 bits per heavy atom. The van der Waals surface area contributed by atoms with Crippen LogP contribution in [0, 0.1) is 11.8 Å². The van der Waals surface area contributed by atoms with Gasteiger partial charge in [-0.25, -0.2) is 0 Å². The van der Waals surface area contributed by atoms with Gasteiger partial charge in [-0.15, -0.1) is 0 Å². The van der Waals surface area contributed by atoms with E-state index in [1.807, 2.05) is 92.0 Å². The standard InChI is InChI=1S/C40H37N3O7/c1-42(2)33-29-19-26-18-25-17-24-15-14-23(20-43(3)27-12-8-5-9-13-27)16-28(24)34(44)30(25)35(45)31(26)37(46)40(29,48)38(47)32-36(33)50-41-39(32)49-21-22-10-6-4-7-11-22/h4-17,26,29,33,44-45,48H,18-21H2,1-3H3/t26-,29-,33-,40-/m0/s1. The molecule has 5 aromatic rings. The molecule has 1 heterocycles. The summed E-state index contributed by atoms with van der Waals surface area (Å²) < 4.78 is 11.6. The summed E-state index contributed by atoms with van der Waals surface area (Å²) in [4.78, 5) is 32.8. The zero-order valence-corrected chi connectivity index (χ0v) is 28.0. The molecule has 1 aromatic heterocycles. The van der Waals surface area contributed by atoms with Crippen LogP contribution in [0.25, 0.3) is 16.5 Å². The van der Waals surface area contributed by atoms with E-state index in [4.69, 9.17) is 9.26 Å². The van der Waals surface area contributed by atoms with Crippen LogP contribution in [0.5, 0.6) is 11.6 Å². The number of hydrogen-bond acceptors (Lipinski definition) is 10. The number of hydrogen-bond donors (Lipinski definition) is 3. The number of nitrogens with zero attached hydrogens (tertiary/aromatic N) is 3. The molecule has 1 saturated carbocycles. The SMILES string of the molecule is CN(Cc1ccc2cc3c(c(O)c2c1)C(O)=C1C(=O)[C@]2(O)C(=O)c4c(OCc5ccccc5)noc4[C@@H](N(C)C)[C@@H]2C[C@@H]1C3)c1ccccc1. The number of aromatic hydroxyl groups is 1. The zero-order chi connectivity index (χ0) is 34.9. The number of fused-ring (bicyclic) bond motifs is 5. The lowest BCUT2D eigenvalue weighted by Gasteiger charge is -2.49. The average molecular weight is 672 g/mol. The summed E-state index contributed by atoms with van der Waals surface area (Å²) >= 11 is 0. The maximum absolute atomic E-state index is 14.5. The highest BCUT2D eigenvalue weighted by Gasteiger charge is 2.65. The van der Waals surface area contributed by atoms with Crippen molar-refractivity contribution in [2.45, 2.75) is 37.6 Å².